The van der Waals surface area contributed by atoms with Gasteiger partial charge in [-0.2, -0.15) is 5.10 Å². The smallest absolute Gasteiger partial charge is 0.271 e. The number of carbonyl (C=O) groups is 1. The normalized spacial score (nSPS) is 10.9. The molecule has 0 saturated heterocycles. The van der Waals surface area contributed by atoms with Crippen molar-refractivity contribution in [1.82, 2.24) is 5.43 Å². The van der Waals surface area contributed by atoms with Crippen molar-refractivity contribution in [2.75, 3.05) is 0 Å². The minimum absolute atomic E-state index is 0.282. The first kappa shape index (κ1) is 27.2. The summed E-state index contributed by atoms with van der Waals surface area (Å²) in [4.78, 5) is 12.6. The van der Waals surface area contributed by atoms with Crippen molar-refractivity contribution in [1.29, 1.82) is 0 Å². The van der Waals surface area contributed by atoms with Gasteiger partial charge in [-0.3, -0.25) is 4.79 Å². The van der Waals surface area contributed by atoms with Gasteiger partial charge in [-0.15, -0.1) is 0 Å². The molecule has 0 unspecified atom stereocenters. The maximum absolute atomic E-state index is 12.6. The van der Waals surface area contributed by atoms with E-state index in [2.05, 4.69) is 42.4 Å². The Kier molecular flexibility index (Phi) is 9.63. The van der Waals surface area contributed by atoms with Crippen LogP contribution in [0.25, 0.3) is 0 Å². The van der Waals surface area contributed by atoms with Crippen LogP contribution in [0.4, 0.5) is 0 Å². The Morgan fingerprint density at radius 3 is 2.41 bits per heavy atom. The summed E-state index contributed by atoms with van der Waals surface area (Å²) in [5.41, 5.74) is 5.54. The molecule has 188 valence electrons. The van der Waals surface area contributed by atoms with Gasteiger partial charge in [0.25, 0.3) is 5.91 Å². The molecular formula is C28H20Br2Cl2N2O3. The fourth-order valence-electron chi connectivity index (χ4n) is 3.27. The van der Waals surface area contributed by atoms with Gasteiger partial charge in [0, 0.05) is 35.7 Å². The number of ether oxygens (including phenoxy) is 2. The molecule has 0 bridgehead atoms. The van der Waals surface area contributed by atoms with Gasteiger partial charge in [-0.1, -0.05) is 73.3 Å². The van der Waals surface area contributed by atoms with E-state index in [1.54, 1.807) is 42.6 Å². The van der Waals surface area contributed by atoms with E-state index in [1.165, 1.54) is 0 Å². The van der Waals surface area contributed by atoms with Gasteiger partial charge in [-0.05, 0) is 72.3 Å². The fraction of sp³-hybridized carbons (Fsp3) is 0.0714. The van der Waals surface area contributed by atoms with Crippen molar-refractivity contribution in [2.45, 2.75) is 13.2 Å². The lowest BCUT2D eigenvalue weighted by Crippen LogP contribution is -2.17. The first-order valence-electron chi connectivity index (χ1n) is 11.0. The molecule has 37 heavy (non-hydrogen) atoms. The van der Waals surface area contributed by atoms with E-state index in [-0.39, 0.29) is 12.5 Å². The van der Waals surface area contributed by atoms with Crippen molar-refractivity contribution >= 4 is 67.2 Å². The molecule has 0 spiro atoms. The molecule has 1 amide bonds. The summed E-state index contributed by atoms with van der Waals surface area (Å²) in [6.07, 6.45) is 1.55. The highest BCUT2D eigenvalue weighted by atomic mass is 79.9. The van der Waals surface area contributed by atoms with Crippen molar-refractivity contribution in [3.05, 3.63) is 126 Å². The topological polar surface area (TPSA) is 59.9 Å². The zero-order chi connectivity index (χ0) is 26.2. The first-order valence-corrected chi connectivity index (χ1v) is 13.4. The molecule has 5 nitrogen and oxygen atoms in total. The summed E-state index contributed by atoms with van der Waals surface area (Å²) >= 11 is 19.0. The predicted molar refractivity (Wildman–Crippen MR) is 155 cm³/mol. The number of hydrogen-bond donors (Lipinski definition) is 1. The number of benzene rings is 4. The monoisotopic (exact) mass is 660 g/mol. The van der Waals surface area contributed by atoms with E-state index in [4.69, 9.17) is 32.7 Å². The molecule has 0 atom stereocenters. The molecule has 0 aliphatic rings. The summed E-state index contributed by atoms with van der Waals surface area (Å²) in [6.45, 7) is 0.678. The van der Waals surface area contributed by atoms with Crippen LogP contribution in [0.1, 0.15) is 27.0 Å². The predicted octanol–water partition coefficient (Wildman–Crippen LogP) is 8.44. The summed E-state index contributed by atoms with van der Waals surface area (Å²) in [5.74, 6) is 0.894. The molecule has 1 N–H and O–H groups in total. The van der Waals surface area contributed by atoms with Crippen molar-refractivity contribution in [3.8, 4) is 11.5 Å². The Hall–Kier alpha value is -2.84. The lowest BCUT2D eigenvalue weighted by molar-refractivity contribution is 0.0955. The highest BCUT2D eigenvalue weighted by Crippen LogP contribution is 2.24. The molecule has 0 heterocycles. The minimum atomic E-state index is -0.352. The largest absolute Gasteiger partial charge is 0.489 e. The zero-order valence-corrected chi connectivity index (χ0v) is 23.9. The molecular weight excluding hydrogens is 643 g/mol. The van der Waals surface area contributed by atoms with E-state index < -0.39 is 0 Å². The Bertz CT molecular complexity index is 1430. The van der Waals surface area contributed by atoms with Crippen LogP contribution in [0.2, 0.25) is 10.0 Å². The lowest BCUT2D eigenvalue weighted by atomic mass is 10.2. The maximum Gasteiger partial charge on any atom is 0.271 e. The van der Waals surface area contributed by atoms with Crippen LogP contribution in [0, 0.1) is 0 Å². The summed E-state index contributed by atoms with van der Waals surface area (Å²) in [7, 11) is 0. The van der Waals surface area contributed by atoms with Crippen LogP contribution in [-0.4, -0.2) is 12.1 Å². The standard InChI is InChI=1S/C28H20Br2Cl2N2O3/c29-22-3-1-2-18(12-22)16-37-27-11-7-23(30)13-21(27)15-33-34-28(35)19-5-9-25(10-6-19)36-17-20-4-8-24(31)14-26(20)32/h1-15H,16-17H2,(H,34,35)/b33-15+. The SMILES string of the molecule is O=C(N/N=C/c1cc(Br)ccc1OCc1cccc(Br)c1)c1ccc(OCc2ccc(Cl)cc2Cl)cc1. The van der Waals surface area contributed by atoms with E-state index in [0.717, 1.165) is 20.1 Å². The first-order chi connectivity index (χ1) is 17.9. The second-order valence-corrected chi connectivity index (χ2v) is 10.5. The molecule has 0 fully saturated rings. The van der Waals surface area contributed by atoms with E-state index in [9.17, 15) is 4.79 Å². The average Bonchev–Trinajstić information content (AvgIpc) is 2.88. The van der Waals surface area contributed by atoms with Crippen LogP contribution >= 0.6 is 55.1 Å². The molecule has 9 heteroatoms. The number of amides is 1. The molecule has 4 rings (SSSR count). The molecule has 0 radical (unpaired) electrons. The van der Waals surface area contributed by atoms with Gasteiger partial charge in [-0.25, -0.2) is 5.43 Å². The van der Waals surface area contributed by atoms with Crippen LogP contribution in [0.15, 0.2) is 99.0 Å². The van der Waals surface area contributed by atoms with Crippen LogP contribution in [-0.2, 0) is 13.2 Å². The average molecular weight is 663 g/mol. The molecule has 0 aliphatic carbocycles. The second-order valence-electron chi connectivity index (χ2n) is 7.85. The number of nitrogens with one attached hydrogen (secondary N) is 1. The zero-order valence-electron chi connectivity index (χ0n) is 19.3. The second kappa shape index (κ2) is 13.1. The van der Waals surface area contributed by atoms with Gasteiger partial charge < -0.3 is 9.47 Å². The minimum Gasteiger partial charge on any atom is -0.489 e. The quantitative estimate of drug-likeness (QED) is 0.145. The van der Waals surface area contributed by atoms with Crippen molar-refractivity contribution in [3.63, 3.8) is 0 Å². The number of nitrogens with zero attached hydrogens (tertiary/aromatic N) is 1. The number of hydrazone groups is 1. The highest BCUT2D eigenvalue weighted by Gasteiger charge is 2.08. The van der Waals surface area contributed by atoms with Crippen molar-refractivity contribution in [2.24, 2.45) is 5.10 Å². The number of carbonyl (C=O) groups excluding carboxylic acids is 1. The third-order valence-electron chi connectivity index (χ3n) is 5.15. The Balaban J connectivity index is 1.34. The van der Waals surface area contributed by atoms with Crippen LogP contribution in [0.3, 0.4) is 0 Å². The third-order valence-corrected chi connectivity index (χ3v) is 6.72. The maximum atomic E-state index is 12.6. The van der Waals surface area contributed by atoms with E-state index in [0.29, 0.717) is 39.3 Å². The highest BCUT2D eigenvalue weighted by molar-refractivity contribution is 9.10. The Labute approximate surface area is 241 Å². The van der Waals surface area contributed by atoms with E-state index >= 15 is 0 Å². The van der Waals surface area contributed by atoms with Gasteiger partial charge in [0.05, 0.1) is 6.21 Å². The third kappa shape index (κ3) is 8.07. The Morgan fingerprint density at radius 2 is 1.65 bits per heavy atom. The number of hydrogen-bond acceptors (Lipinski definition) is 4. The van der Waals surface area contributed by atoms with Crippen LogP contribution < -0.4 is 14.9 Å². The van der Waals surface area contributed by atoms with Crippen molar-refractivity contribution < 1.29 is 14.3 Å². The fourth-order valence-corrected chi connectivity index (χ4v) is 4.56. The summed E-state index contributed by atoms with van der Waals surface area (Å²) in [5, 5.41) is 5.22. The Morgan fingerprint density at radius 1 is 0.865 bits per heavy atom. The molecule has 0 aromatic heterocycles. The van der Waals surface area contributed by atoms with Gasteiger partial charge >= 0.3 is 0 Å². The molecule has 0 saturated carbocycles. The van der Waals surface area contributed by atoms with Crippen LogP contribution in [0.5, 0.6) is 11.5 Å². The van der Waals surface area contributed by atoms with Gasteiger partial charge in [0.15, 0.2) is 0 Å². The van der Waals surface area contributed by atoms with Gasteiger partial charge in [0.2, 0.25) is 0 Å². The van der Waals surface area contributed by atoms with Gasteiger partial charge in [0.1, 0.15) is 24.7 Å². The summed E-state index contributed by atoms with van der Waals surface area (Å²) in [6, 6.07) is 25.5. The van der Waals surface area contributed by atoms with E-state index in [1.807, 2.05) is 48.5 Å². The lowest BCUT2D eigenvalue weighted by Gasteiger charge is -2.10. The molecule has 4 aromatic carbocycles. The number of rotatable bonds is 9. The molecule has 4 aromatic rings. The molecule has 0 aliphatic heterocycles. The number of halogens is 4. The summed E-state index contributed by atoms with van der Waals surface area (Å²) < 4.78 is 13.6.